The number of nitrogens with one attached hydrogen (secondary N) is 1. The molecule has 0 atom stereocenters. The van der Waals surface area contributed by atoms with Gasteiger partial charge in [0.1, 0.15) is 11.2 Å². The molecule has 1 N–H and O–H groups in total. The molecule has 0 spiro atoms. The van der Waals surface area contributed by atoms with Crippen LogP contribution in [0.1, 0.15) is 17.7 Å². The highest BCUT2D eigenvalue weighted by Crippen LogP contribution is 2.35. The number of rotatable bonds is 4. The van der Waals surface area contributed by atoms with Crippen molar-refractivity contribution >= 4 is 33.4 Å². The molecule has 1 fully saturated rings. The third kappa shape index (κ3) is 3.75. The Balaban J connectivity index is 1.36. The largest absolute Gasteiger partial charge is 0.341 e. The second kappa shape index (κ2) is 8.51. The number of aromatic nitrogens is 4. The minimum absolute atomic E-state index is 0.171. The Morgan fingerprint density at radius 2 is 1.78 bits per heavy atom. The first kappa shape index (κ1) is 20.3. The van der Waals surface area contributed by atoms with Crippen molar-refractivity contribution in [3.63, 3.8) is 0 Å². The number of hydrogen-bond acceptors (Lipinski definition) is 7. The molecule has 0 radical (unpaired) electrons. The summed E-state index contributed by atoms with van der Waals surface area (Å²) in [5.41, 5.74) is 4.35. The van der Waals surface area contributed by atoms with E-state index in [1.54, 1.807) is 18.5 Å². The summed E-state index contributed by atoms with van der Waals surface area (Å²) >= 11 is 1.49. The van der Waals surface area contributed by atoms with Crippen molar-refractivity contribution in [1.82, 2.24) is 19.6 Å². The maximum atomic E-state index is 13.3. The third-order valence-corrected chi connectivity index (χ3v) is 6.80. The number of fused-ring (bicyclic) bond motifs is 1. The summed E-state index contributed by atoms with van der Waals surface area (Å²) < 4.78 is 1.22. The normalized spacial score (nSPS) is 14.6. The van der Waals surface area contributed by atoms with Crippen LogP contribution in [0.15, 0.2) is 59.9 Å². The second-order valence-electron chi connectivity index (χ2n) is 7.79. The van der Waals surface area contributed by atoms with Crippen LogP contribution >= 0.6 is 11.3 Å². The lowest BCUT2D eigenvalue weighted by Crippen LogP contribution is -2.42. The van der Waals surface area contributed by atoms with Crippen molar-refractivity contribution in [2.45, 2.75) is 19.8 Å². The molecule has 1 aliphatic rings. The molecule has 32 heavy (non-hydrogen) atoms. The topological polar surface area (TPSA) is 93.0 Å². The molecule has 1 amide bonds. The Labute approximate surface area is 188 Å². The Morgan fingerprint density at radius 3 is 2.50 bits per heavy atom. The molecule has 8 nitrogen and oxygen atoms in total. The predicted molar refractivity (Wildman–Crippen MR) is 125 cm³/mol. The number of hydrogen-bond donors (Lipinski definition) is 1. The summed E-state index contributed by atoms with van der Waals surface area (Å²) in [4.78, 5) is 43.0. The minimum atomic E-state index is -0.262. The third-order valence-electron chi connectivity index (χ3n) is 5.78. The summed E-state index contributed by atoms with van der Waals surface area (Å²) in [5.74, 6) is 0.323. The van der Waals surface area contributed by atoms with E-state index in [1.165, 1.54) is 22.3 Å². The Hall–Kier alpha value is -3.59. The van der Waals surface area contributed by atoms with Gasteiger partial charge in [-0.1, -0.05) is 30.3 Å². The molecular weight excluding hydrogens is 424 g/mol. The number of carbonyl (C=O) groups excluding carboxylic acids is 1. The van der Waals surface area contributed by atoms with Crippen LogP contribution in [-0.4, -0.2) is 38.6 Å². The van der Waals surface area contributed by atoms with Gasteiger partial charge in [-0.15, -0.1) is 11.3 Å². The van der Waals surface area contributed by atoms with Gasteiger partial charge in [0, 0.05) is 41.8 Å². The Morgan fingerprint density at radius 1 is 1.06 bits per heavy atom. The molecular formula is C23H22N6O2S. The van der Waals surface area contributed by atoms with E-state index in [0.29, 0.717) is 42.1 Å². The number of amides is 1. The zero-order chi connectivity index (χ0) is 22.1. The van der Waals surface area contributed by atoms with Gasteiger partial charge < -0.3 is 4.90 Å². The highest BCUT2D eigenvalue weighted by Gasteiger charge is 2.27. The molecule has 0 aliphatic carbocycles. The number of nitrogens with zero attached hydrogens (tertiary/aromatic N) is 5. The summed E-state index contributed by atoms with van der Waals surface area (Å²) in [5, 5.41) is 0.539. The molecule has 9 heteroatoms. The van der Waals surface area contributed by atoms with Crippen molar-refractivity contribution < 1.29 is 4.79 Å². The van der Waals surface area contributed by atoms with Crippen LogP contribution in [0.5, 0.6) is 0 Å². The summed E-state index contributed by atoms with van der Waals surface area (Å²) in [6, 6.07) is 11.6. The van der Waals surface area contributed by atoms with Gasteiger partial charge in [-0.3, -0.25) is 15.0 Å². The molecule has 1 saturated heterocycles. The van der Waals surface area contributed by atoms with Gasteiger partial charge in [0.25, 0.3) is 5.56 Å². The van der Waals surface area contributed by atoms with Crippen LogP contribution in [0.4, 0.5) is 5.95 Å². The number of piperidine rings is 1. The first-order valence-electron chi connectivity index (χ1n) is 10.5. The van der Waals surface area contributed by atoms with Crippen LogP contribution < -0.4 is 15.9 Å². The van der Waals surface area contributed by atoms with Crippen LogP contribution in [0.3, 0.4) is 0 Å². The van der Waals surface area contributed by atoms with E-state index in [0.717, 1.165) is 16.0 Å². The fourth-order valence-electron chi connectivity index (χ4n) is 4.14. The van der Waals surface area contributed by atoms with E-state index in [2.05, 4.69) is 25.3 Å². The summed E-state index contributed by atoms with van der Waals surface area (Å²) in [6.45, 7) is 3.37. The van der Waals surface area contributed by atoms with E-state index in [1.807, 2.05) is 37.3 Å². The first-order valence-corrected chi connectivity index (χ1v) is 11.3. The highest BCUT2D eigenvalue weighted by molar-refractivity contribution is 7.19. The Kier molecular flexibility index (Phi) is 5.40. The molecule has 4 heterocycles. The molecule has 1 aliphatic heterocycles. The number of aryl methyl sites for hydroxylation is 1. The maximum Gasteiger partial charge on any atom is 0.281 e. The Bertz CT molecular complexity index is 1310. The van der Waals surface area contributed by atoms with Gasteiger partial charge >= 0.3 is 0 Å². The smallest absolute Gasteiger partial charge is 0.281 e. The predicted octanol–water partition coefficient (Wildman–Crippen LogP) is 3.21. The van der Waals surface area contributed by atoms with Gasteiger partial charge in [0.2, 0.25) is 11.9 Å². The van der Waals surface area contributed by atoms with Crippen LogP contribution in [-0.2, 0) is 4.79 Å². The van der Waals surface area contributed by atoms with Gasteiger partial charge in [-0.25, -0.2) is 19.6 Å². The summed E-state index contributed by atoms with van der Waals surface area (Å²) in [7, 11) is 0. The highest BCUT2D eigenvalue weighted by atomic mass is 32.1. The van der Waals surface area contributed by atoms with E-state index < -0.39 is 0 Å². The van der Waals surface area contributed by atoms with Crippen molar-refractivity contribution in [3.05, 3.63) is 70.4 Å². The van der Waals surface area contributed by atoms with E-state index in [4.69, 9.17) is 0 Å². The van der Waals surface area contributed by atoms with Gasteiger partial charge in [-0.05, 0) is 31.4 Å². The average molecular weight is 447 g/mol. The quantitative estimate of drug-likeness (QED) is 0.517. The lowest BCUT2D eigenvalue weighted by Gasteiger charge is -2.31. The molecule has 0 saturated carbocycles. The molecule has 0 bridgehead atoms. The van der Waals surface area contributed by atoms with E-state index >= 15 is 0 Å². The van der Waals surface area contributed by atoms with Crippen molar-refractivity contribution in [1.29, 1.82) is 0 Å². The molecule has 0 unspecified atom stereocenters. The molecule has 5 rings (SSSR count). The second-order valence-corrected chi connectivity index (χ2v) is 8.99. The minimum Gasteiger partial charge on any atom is -0.341 e. The zero-order valence-corrected chi connectivity index (χ0v) is 18.4. The van der Waals surface area contributed by atoms with Gasteiger partial charge in [0.15, 0.2) is 0 Å². The molecule has 4 aromatic rings. The summed E-state index contributed by atoms with van der Waals surface area (Å²) in [6.07, 6.45) is 6.17. The number of anilines is 1. The number of thiophene rings is 1. The van der Waals surface area contributed by atoms with E-state index in [9.17, 15) is 9.59 Å². The zero-order valence-electron chi connectivity index (χ0n) is 17.6. The molecule has 162 valence electrons. The number of carbonyl (C=O) groups is 1. The monoisotopic (exact) mass is 446 g/mol. The van der Waals surface area contributed by atoms with Gasteiger partial charge in [-0.2, -0.15) is 0 Å². The molecule has 3 aromatic heterocycles. The number of benzene rings is 1. The SMILES string of the molecule is Cc1sc2ncn(NC(=O)C3CCN(c4ncccn4)CC3)c(=O)c2c1-c1ccccc1. The first-order chi connectivity index (χ1) is 15.6. The fraction of sp³-hybridized carbons (Fsp3) is 0.261. The average Bonchev–Trinajstić information content (AvgIpc) is 3.18. The van der Waals surface area contributed by atoms with Crippen molar-refractivity contribution in [2.75, 3.05) is 23.4 Å². The standard InChI is InChI=1S/C23H22N6O2S/c1-15-18(16-6-3-2-4-7-16)19-21(32-15)26-14-29(22(19)31)27-20(30)17-8-12-28(13-9-17)23-24-10-5-11-25-23/h2-7,10-11,14,17H,8-9,12-13H2,1H3,(H,27,30). The maximum absolute atomic E-state index is 13.3. The van der Waals surface area contributed by atoms with Crippen LogP contribution in [0.25, 0.3) is 21.3 Å². The molecule has 1 aromatic carbocycles. The van der Waals surface area contributed by atoms with Crippen LogP contribution in [0, 0.1) is 12.8 Å². The lowest BCUT2D eigenvalue weighted by atomic mass is 9.96. The van der Waals surface area contributed by atoms with E-state index in [-0.39, 0.29) is 17.4 Å². The fourth-order valence-corrected chi connectivity index (χ4v) is 5.14. The lowest BCUT2D eigenvalue weighted by molar-refractivity contribution is -0.121. The van der Waals surface area contributed by atoms with Crippen LogP contribution in [0.2, 0.25) is 0 Å². The van der Waals surface area contributed by atoms with Crippen molar-refractivity contribution in [3.8, 4) is 11.1 Å². The van der Waals surface area contributed by atoms with Crippen molar-refractivity contribution in [2.24, 2.45) is 5.92 Å². The van der Waals surface area contributed by atoms with Gasteiger partial charge in [0.05, 0.1) is 5.39 Å².